The summed E-state index contributed by atoms with van der Waals surface area (Å²) < 4.78 is 37.7. The first kappa shape index (κ1) is 23.2. The second-order valence-corrected chi connectivity index (χ2v) is 7.88. The van der Waals surface area contributed by atoms with Crippen LogP contribution in [0, 0.1) is 0 Å². The molecule has 0 aliphatic carbocycles. The van der Waals surface area contributed by atoms with Crippen molar-refractivity contribution in [3.63, 3.8) is 0 Å². The first-order chi connectivity index (χ1) is 14.8. The highest BCUT2D eigenvalue weighted by Gasteiger charge is 2.34. The third-order valence-corrected chi connectivity index (χ3v) is 5.49. The van der Waals surface area contributed by atoms with Gasteiger partial charge in [-0.25, -0.2) is 4.99 Å². The van der Waals surface area contributed by atoms with Gasteiger partial charge >= 0.3 is 6.18 Å². The third kappa shape index (κ3) is 7.30. The summed E-state index contributed by atoms with van der Waals surface area (Å²) in [5, 5.41) is 6.25. The maximum Gasteiger partial charge on any atom is 0.401 e. The maximum atomic E-state index is 12.6. The number of alkyl halides is 3. The summed E-state index contributed by atoms with van der Waals surface area (Å²) in [7, 11) is 0. The lowest BCUT2D eigenvalue weighted by molar-refractivity contribution is -0.143. The SMILES string of the molecule is CCNC(=NCC(=O)N1CCN(c2ccccc2)CC1)NC1CCN(CC(F)(F)F)C1. The molecule has 2 heterocycles. The summed E-state index contributed by atoms with van der Waals surface area (Å²) in [5.41, 5.74) is 1.15. The molecule has 7 nitrogen and oxygen atoms in total. The Balaban J connectivity index is 1.46. The van der Waals surface area contributed by atoms with E-state index in [0.717, 1.165) is 18.8 Å². The van der Waals surface area contributed by atoms with Crippen molar-refractivity contribution in [2.75, 3.05) is 63.8 Å². The molecule has 2 N–H and O–H groups in total. The molecule has 0 spiro atoms. The smallest absolute Gasteiger partial charge is 0.368 e. The van der Waals surface area contributed by atoms with Crippen LogP contribution in [0.1, 0.15) is 13.3 Å². The van der Waals surface area contributed by atoms with Crippen molar-refractivity contribution in [1.82, 2.24) is 20.4 Å². The number of hydrogen-bond acceptors (Lipinski definition) is 4. The number of carbonyl (C=O) groups is 1. The fourth-order valence-electron chi connectivity index (χ4n) is 3.96. The van der Waals surface area contributed by atoms with E-state index < -0.39 is 12.7 Å². The zero-order valence-corrected chi connectivity index (χ0v) is 17.9. The molecule has 1 unspecified atom stereocenters. The number of benzene rings is 1. The number of nitrogens with one attached hydrogen (secondary N) is 2. The lowest BCUT2D eigenvalue weighted by Crippen LogP contribution is -2.50. The first-order valence-electron chi connectivity index (χ1n) is 10.8. The van der Waals surface area contributed by atoms with Gasteiger partial charge in [0.05, 0.1) is 6.54 Å². The highest BCUT2D eigenvalue weighted by Crippen LogP contribution is 2.20. The van der Waals surface area contributed by atoms with E-state index in [0.29, 0.717) is 45.1 Å². The van der Waals surface area contributed by atoms with Gasteiger partial charge < -0.3 is 20.4 Å². The zero-order valence-electron chi connectivity index (χ0n) is 17.9. The Hall–Kier alpha value is -2.49. The zero-order chi connectivity index (χ0) is 22.3. The summed E-state index contributed by atoms with van der Waals surface area (Å²) in [5.74, 6) is 0.424. The Kier molecular flexibility index (Phi) is 8.00. The topological polar surface area (TPSA) is 63.2 Å². The maximum absolute atomic E-state index is 12.6. The fourth-order valence-corrected chi connectivity index (χ4v) is 3.96. The molecule has 0 saturated carbocycles. The highest BCUT2D eigenvalue weighted by molar-refractivity contribution is 5.85. The van der Waals surface area contributed by atoms with Crippen LogP contribution in [-0.4, -0.2) is 92.8 Å². The summed E-state index contributed by atoms with van der Waals surface area (Å²) in [6.07, 6.45) is -3.58. The van der Waals surface area contributed by atoms with Crippen molar-refractivity contribution in [2.45, 2.75) is 25.6 Å². The van der Waals surface area contributed by atoms with Crippen molar-refractivity contribution < 1.29 is 18.0 Å². The lowest BCUT2D eigenvalue weighted by Gasteiger charge is -2.36. The largest absolute Gasteiger partial charge is 0.401 e. The molecule has 2 fully saturated rings. The number of guanidine groups is 1. The van der Waals surface area contributed by atoms with E-state index in [4.69, 9.17) is 0 Å². The number of nitrogens with zero attached hydrogens (tertiary/aromatic N) is 4. The molecule has 0 bridgehead atoms. The van der Waals surface area contributed by atoms with Crippen molar-refractivity contribution in [3.8, 4) is 0 Å². The first-order valence-corrected chi connectivity index (χ1v) is 10.8. The standard InChI is InChI=1S/C21H31F3N6O/c1-2-25-20(27-17-8-9-28(15-17)16-21(22,23)24)26-14-19(31)30-12-10-29(11-13-30)18-6-4-3-5-7-18/h3-7,17H,2,8-16H2,1H3,(H2,25,26,27). The molecule has 1 amide bonds. The van der Waals surface area contributed by atoms with E-state index in [1.54, 1.807) is 0 Å². The highest BCUT2D eigenvalue weighted by atomic mass is 19.4. The van der Waals surface area contributed by atoms with Crippen LogP contribution in [0.25, 0.3) is 0 Å². The van der Waals surface area contributed by atoms with Gasteiger partial charge in [0, 0.05) is 57.5 Å². The molecule has 1 aromatic rings. The van der Waals surface area contributed by atoms with Crippen LogP contribution in [0.4, 0.5) is 18.9 Å². The molecule has 172 valence electrons. The van der Waals surface area contributed by atoms with Crippen molar-refractivity contribution in [2.24, 2.45) is 4.99 Å². The average Bonchev–Trinajstić information content (AvgIpc) is 3.17. The Morgan fingerprint density at radius 1 is 1.13 bits per heavy atom. The molecular weight excluding hydrogens is 409 g/mol. The van der Waals surface area contributed by atoms with Crippen LogP contribution in [0.2, 0.25) is 0 Å². The van der Waals surface area contributed by atoms with Crippen molar-refractivity contribution in [3.05, 3.63) is 30.3 Å². The van der Waals surface area contributed by atoms with Crippen LogP contribution in [0.5, 0.6) is 0 Å². The number of amides is 1. The number of para-hydroxylation sites is 1. The molecule has 0 aromatic heterocycles. The Morgan fingerprint density at radius 2 is 1.84 bits per heavy atom. The Morgan fingerprint density at radius 3 is 2.48 bits per heavy atom. The number of likely N-dealkylation sites (tertiary alicyclic amines) is 1. The molecule has 2 saturated heterocycles. The number of anilines is 1. The number of piperazine rings is 1. The van der Waals surface area contributed by atoms with E-state index in [1.807, 2.05) is 30.0 Å². The molecule has 31 heavy (non-hydrogen) atoms. The number of rotatable bonds is 6. The Labute approximate surface area is 181 Å². The normalized spacial score (nSPS) is 20.8. The Bertz CT molecular complexity index is 734. The summed E-state index contributed by atoms with van der Waals surface area (Å²) in [6, 6.07) is 10.00. The fraction of sp³-hybridized carbons (Fsp3) is 0.619. The molecule has 1 aromatic carbocycles. The number of carbonyl (C=O) groups excluding carboxylic acids is 1. The van der Waals surface area contributed by atoms with E-state index in [9.17, 15) is 18.0 Å². The molecule has 10 heteroatoms. The third-order valence-electron chi connectivity index (χ3n) is 5.49. The number of aliphatic imine (C=N–C) groups is 1. The summed E-state index contributed by atoms with van der Waals surface area (Å²) >= 11 is 0. The second-order valence-electron chi connectivity index (χ2n) is 7.88. The van der Waals surface area contributed by atoms with Crippen LogP contribution >= 0.6 is 0 Å². The van der Waals surface area contributed by atoms with Gasteiger partial charge in [-0.15, -0.1) is 0 Å². The van der Waals surface area contributed by atoms with Gasteiger partial charge in [0.25, 0.3) is 0 Å². The van der Waals surface area contributed by atoms with Gasteiger partial charge in [-0.1, -0.05) is 18.2 Å². The molecule has 2 aliphatic heterocycles. The predicted molar refractivity (Wildman–Crippen MR) is 115 cm³/mol. The lowest BCUT2D eigenvalue weighted by atomic mass is 10.2. The summed E-state index contributed by atoms with van der Waals surface area (Å²) in [4.78, 5) is 22.4. The van der Waals surface area contributed by atoms with Crippen LogP contribution < -0.4 is 15.5 Å². The van der Waals surface area contributed by atoms with E-state index in [2.05, 4.69) is 32.7 Å². The van der Waals surface area contributed by atoms with Crippen LogP contribution in [0.3, 0.4) is 0 Å². The van der Waals surface area contributed by atoms with Crippen molar-refractivity contribution >= 4 is 17.6 Å². The van der Waals surface area contributed by atoms with E-state index in [1.165, 1.54) is 4.90 Å². The predicted octanol–water partition coefficient (Wildman–Crippen LogP) is 1.53. The van der Waals surface area contributed by atoms with Crippen LogP contribution in [0.15, 0.2) is 35.3 Å². The average molecular weight is 441 g/mol. The second kappa shape index (κ2) is 10.7. The minimum absolute atomic E-state index is 0.0135. The number of hydrogen-bond donors (Lipinski definition) is 2. The monoisotopic (exact) mass is 440 g/mol. The number of halogens is 3. The molecular formula is C21H31F3N6O. The quantitative estimate of drug-likeness (QED) is 0.519. The van der Waals surface area contributed by atoms with Gasteiger partial charge in [-0.05, 0) is 25.5 Å². The summed E-state index contributed by atoms with van der Waals surface area (Å²) in [6.45, 7) is 5.15. The van der Waals surface area contributed by atoms with Crippen molar-refractivity contribution in [1.29, 1.82) is 0 Å². The molecule has 1 atom stereocenters. The minimum atomic E-state index is -4.19. The van der Waals surface area contributed by atoms with E-state index >= 15 is 0 Å². The van der Waals surface area contributed by atoms with Gasteiger partial charge in [0.15, 0.2) is 5.96 Å². The van der Waals surface area contributed by atoms with Crippen LogP contribution in [-0.2, 0) is 4.79 Å². The minimum Gasteiger partial charge on any atom is -0.368 e. The van der Waals surface area contributed by atoms with Gasteiger partial charge in [0.2, 0.25) is 5.91 Å². The van der Waals surface area contributed by atoms with E-state index in [-0.39, 0.29) is 18.5 Å². The van der Waals surface area contributed by atoms with Gasteiger partial charge in [-0.2, -0.15) is 13.2 Å². The molecule has 3 rings (SSSR count). The molecule has 2 aliphatic rings. The van der Waals surface area contributed by atoms with Gasteiger partial charge in [-0.3, -0.25) is 9.69 Å². The van der Waals surface area contributed by atoms with Gasteiger partial charge in [0.1, 0.15) is 6.54 Å². The molecule has 0 radical (unpaired) electrons.